The van der Waals surface area contributed by atoms with Crippen LogP contribution < -0.4 is 11.2 Å². The molecule has 0 aliphatic carbocycles. The molecule has 0 saturated heterocycles. The lowest BCUT2D eigenvalue weighted by molar-refractivity contribution is 0.103. The van der Waals surface area contributed by atoms with E-state index in [0.29, 0.717) is 17.8 Å². The number of hydrogen-bond donors (Lipinski definition) is 0. The molecule has 0 radical (unpaired) electrons. The molecule has 0 bridgehead atoms. The van der Waals surface area contributed by atoms with Crippen LogP contribution in [0.5, 0.6) is 0 Å². The summed E-state index contributed by atoms with van der Waals surface area (Å²) in [6.07, 6.45) is 0. The van der Waals surface area contributed by atoms with Crippen LogP contribution in [0.1, 0.15) is 41.0 Å². The van der Waals surface area contributed by atoms with Crippen molar-refractivity contribution in [3.05, 3.63) is 67.5 Å². The summed E-state index contributed by atoms with van der Waals surface area (Å²) in [4.78, 5) is 40.3. The summed E-state index contributed by atoms with van der Waals surface area (Å²) >= 11 is 0. The van der Waals surface area contributed by atoms with Gasteiger partial charge in [0.15, 0.2) is 0 Å². The lowest BCUT2D eigenvalue weighted by atomic mass is 9.98. The van der Waals surface area contributed by atoms with Crippen LogP contribution in [-0.2, 0) is 20.6 Å². The molecule has 1 aromatic heterocycles. The third-order valence-electron chi connectivity index (χ3n) is 4.67. The summed E-state index contributed by atoms with van der Waals surface area (Å²) in [5, 5.41) is 0. The van der Waals surface area contributed by atoms with Crippen molar-refractivity contribution < 1.29 is 4.79 Å². The van der Waals surface area contributed by atoms with Gasteiger partial charge in [0.1, 0.15) is 5.56 Å². The Bertz CT molecular complexity index is 905. The molecule has 134 valence electrons. The summed E-state index contributed by atoms with van der Waals surface area (Å²) in [6, 6.07) is 7.17. The second kappa shape index (κ2) is 7.61. The van der Waals surface area contributed by atoms with E-state index in [0.717, 1.165) is 23.2 Å². The predicted molar refractivity (Wildman–Crippen MR) is 98.2 cm³/mol. The van der Waals surface area contributed by atoms with Gasteiger partial charge in [0.2, 0.25) is 5.78 Å². The largest absolute Gasteiger partial charge is 0.330 e. The molecule has 6 nitrogen and oxygen atoms in total. The first-order valence-corrected chi connectivity index (χ1v) is 8.45. The van der Waals surface area contributed by atoms with Crippen molar-refractivity contribution in [2.75, 3.05) is 13.1 Å². The van der Waals surface area contributed by atoms with Gasteiger partial charge < -0.3 is 0 Å². The van der Waals surface area contributed by atoms with Crippen molar-refractivity contribution in [1.82, 2.24) is 14.0 Å². The molecule has 2 aromatic rings. The molecule has 0 amide bonds. The van der Waals surface area contributed by atoms with E-state index in [-0.39, 0.29) is 11.3 Å². The lowest BCUT2D eigenvalue weighted by Gasteiger charge is -2.22. The Morgan fingerprint density at radius 1 is 1.04 bits per heavy atom. The number of nitrogens with zero attached hydrogens (tertiary/aromatic N) is 3. The van der Waals surface area contributed by atoms with Crippen molar-refractivity contribution >= 4 is 5.78 Å². The van der Waals surface area contributed by atoms with Gasteiger partial charge in [-0.05, 0) is 25.6 Å². The number of carbonyl (C=O) groups excluding carboxylic acids is 1. The second-order valence-corrected chi connectivity index (χ2v) is 6.13. The molecule has 1 heterocycles. The maximum Gasteiger partial charge on any atom is 0.330 e. The number of aryl methyl sites for hydroxylation is 1. The van der Waals surface area contributed by atoms with Crippen LogP contribution in [-0.4, -0.2) is 32.9 Å². The Morgan fingerprint density at radius 3 is 2.20 bits per heavy atom. The van der Waals surface area contributed by atoms with E-state index in [2.05, 4.69) is 4.90 Å². The first-order valence-electron chi connectivity index (χ1n) is 8.45. The fraction of sp³-hybridized carbons (Fsp3) is 0.421. The van der Waals surface area contributed by atoms with Gasteiger partial charge in [0.25, 0.3) is 5.56 Å². The van der Waals surface area contributed by atoms with Gasteiger partial charge in [-0.1, -0.05) is 38.1 Å². The van der Waals surface area contributed by atoms with Gasteiger partial charge in [-0.15, -0.1) is 0 Å². The highest BCUT2D eigenvalue weighted by Crippen LogP contribution is 2.15. The Hall–Kier alpha value is -2.47. The molecule has 0 aliphatic rings. The van der Waals surface area contributed by atoms with Crippen molar-refractivity contribution in [3.63, 3.8) is 0 Å². The number of hydrogen-bond acceptors (Lipinski definition) is 4. The van der Waals surface area contributed by atoms with Gasteiger partial charge in [-0.2, -0.15) is 0 Å². The average molecular weight is 343 g/mol. The lowest BCUT2D eigenvalue weighted by Crippen LogP contribution is -2.44. The third-order valence-corrected chi connectivity index (χ3v) is 4.67. The highest BCUT2D eigenvalue weighted by atomic mass is 16.2. The number of benzene rings is 1. The molecular weight excluding hydrogens is 318 g/mol. The molecule has 0 aliphatic heterocycles. The SMILES string of the molecule is CCN(CC)Cc1c(C(=O)c2ccccc2C)c(=O)n(C)c(=O)n1C. The normalized spacial score (nSPS) is 11.1. The van der Waals surface area contributed by atoms with E-state index in [1.54, 1.807) is 19.2 Å². The number of rotatable bonds is 6. The highest BCUT2D eigenvalue weighted by molar-refractivity contribution is 6.10. The summed E-state index contributed by atoms with van der Waals surface area (Å²) in [5.41, 5.74) is 0.860. The predicted octanol–water partition coefficient (Wildman–Crippen LogP) is 1.47. The second-order valence-electron chi connectivity index (χ2n) is 6.13. The molecule has 1 aromatic carbocycles. The van der Waals surface area contributed by atoms with E-state index in [4.69, 9.17) is 0 Å². The van der Waals surface area contributed by atoms with Crippen LogP contribution in [0.2, 0.25) is 0 Å². The molecule has 0 saturated carbocycles. The Morgan fingerprint density at radius 2 is 1.64 bits per heavy atom. The number of carbonyl (C=O) groups is 1. The molecule has 25 heavy (non-hydrogen) atoms. The summed E-state index contributed by atoms with van der Waals surface area (Å²) in [5.74, 6) is -0.337. The van der Waals surface area contributed by atoms with Crippen molar-refractivity contribution in [2.24, 2.45) is 14.1 Å². The van der Waals surface area contributed by atoms with Gasteiger partial charge in [-0.3, -0.25) is 23.6 Å². The monoisotopic (exact) mass is 343 g/mol. The molecule has 0 unspecified atom stereocenters. The maximum atomic E-state index is 13.1. The summed E-state index contributed by atoms with van der Waals surface area (Å²) < 4.78 is 2.41. The van der Waals surface area contributed by atoms with Crippen LogP contribution in [0.4, 0.5) is 0 Å². The van der Waals surface area contributed by atoms with Crippen LogP contribution >= 0.6 is 0 Å². The quantitative estimate of drug-likeness (QED) is 0.745. The third kappa shape index (κ3) is 3.49. The molecule has 0 fully saturated rings. The summed E-state index contributed by atoms with van der Waals surface area (Å²) in [7, 11) is 3.01. The Labute approximate surface area is 147 Å². The van der Waals surface area contributed by atoms with Crippen molar-refractivity contribution in [3.8, 4) is 0 Å². The summed E-state index contributed by atoms with van der Waals surface area (Å²) in [6.45, 7) is 7.75. The van der Waals surface area contributed by atoms with Crippen molar-refractivity contribution in [1.29, 1.82) is 0 Å². The molecule has 2 rings (SSSR count). The number of ketones is 1. The van der Waals surface area contributed by atoms with E-state index >= 15 is 0 Å². The van der Waals surface area contributed by atoms with Crippen molar-refractivity contribution in [2.45, 2.75) is 27.3 Å². The van der Waals surface area contributed by atoms with Crippen LogP contribution in [0.25, 0.3) is 0 Å². The minimum Gasteiger partial charge on any atom is -0.299 e. The van der Waals surface area contributed by atoms with Gasteiger partial charge in [-0.25, -0.2) is 4.79 Å². The van der Waals surface area contributed by atoms with E-state index in [9.17, 15) is 14.4 Å². The first kappa shape index (κ1) is 18.9. The molecule has 0 N–H and O–H groups in total. The van der Waals surface area contributed by atoms with E-state index in [1.807, 2.05) is 32.9 Å². The maximum absolute atomic E-state index is 13.1. The minimum absolute atomic E-state index is 0.0748. The van der Waals surface area contributed by atoms with Gasteiger partial charge in [0, 0.05) is 26.2 Å². The van der Waals surface area contributed by atoms with Crippen LogP contribution in [0.15, 0.2) is 33.9 Å². The average Bonchev–Trinajstić information content (AvgIpc) is 2.61. The fourth-order valence-corrected chi connectivity index (χ4v) is 2.92. The Kier molecular flexibility index (Phi) is 5.74. The highest BCUT2D eigenvalue weighted by Gasteiger charge is 2.24. The fourth-order valence-electron chi connectivity index (χ4n) is 2.92. The van der Waals surface area contributed by atoms with E-state index in [1.165, 1.54) is 11.6 Å². The topological polar surface area (TPSA) is 64.3 Å². The first-order chi connectivity index (χ1) is 11.8. The molecule has 0 atom stereocenters. The molecule has 6 heteroatoms. The molecular formula is C19H25N3O3. The van der Waals surface area contributed by atoms with Gasteiger partial charge >= 0.3 is 5.69 Å². The standard InChI is InChI=1S/C19H25N3O3/c1-6-22(7-2)12-15-16(18(24)21(5)19(25)20(15)4)17(23)14-11-9-8-10-13(14)3/h8-11H,6-7,12H2,1-5H3. The zero-order chi connectivity index (χ0) is 18.7. The van der Waals surface area contributed by atoms with Gasteiger partial charge in [0.05, 0.1) is 5.69 Å². The zero-order valence-electron chi connectivity index (χ0n) is 15.5. The van der Waals surface area contributed by atoms with Crippen LogP contribution in [0.3, 0.4) is 0 Å². The minimum atomic E-state index is -0.543. The molecule has 0 spiro atoms. The number of aromatic nitrogens is 2. The zero-order valence-corrected chi connectivity index (χ0v) is 15.5. The Balaban J connectivity index is 2.75. The smallest absolute Gasteiger partial charge is 0.299 e. The van der Waals surface area contributed by atoms with E-state index < -0.39 is 11.2 Å². The van der Waals surface area contributed by atoms with Crippen LogP contribution in [0, 0.1) is 6.92 Å².